The second-order valence-electron chi connectivity index (χ2n) is 1.64. The van der Waals surface area contributed by atoms with Crippen LogP contribution in [0.2, 0.25) is 0 Å². The van der Waals surface area contributed by atoms with Crippen molar-refractivity contribution in [2.75, 3.05) is 7.11 Å². The highest BCUT2D eigenvalue weighted by Gasteiger charge is 1.85. The molecule has 0 unspecified atom stereocenters. The fourth-order valence-electron chi connectivity index (χ4n) is 0.600. The van der Waals surface area contributed by atoms with Gasteiger partial charge in [0.05, 0.1) is 12.9 Å². The van der Waals surface area contributed by atoms with Crippen LogP contribution in [0.3, 0.4) is 0 Å². The summed E-state index contributed by atoms with van der Waals surface area (Å²) in [4.78, 5) is 0. The zero-order valence-corrected chi connectivity index (χ0v) is 5.90. The van der Waals surface area contributed by atoms with Crippen molar-refractivity contribution in [1.29, 1.82) is 0 Å². The van der Waals surface area contributed by atoms with E-state index in [0.29, 0.717) is 0 Å². The second-order valence-corrected chi connectivity index (χ2v) is 1.64. The maximum Gasteiger partial charge on any atom is 0.0912 e. The molecule has 0 spiro atoms. The maximum absolute atomic E-state index is 5.00. The number of allylic oxidation sites excluding steroid dienone is 2. The molecule has 0 heterocycles. The van der Waals surface area contributed by atoms with E-state index in [9.17, 15) is 0 Å². The SMILES string of the molecule is CC/C=C(\CC)OC. The Bertz CT molecular complexity index is 68.5. The van der Waals surface area contributed by atoms with E-state index in [1.807, 2.05) is 0 Å². The number of rotatable bonds is 3. The van der Waals surface area contributed by atoms with Crippen molar-refractivity contribution < 1.29 is 4.74 Å². The average Bonchev–Trinajstić information content (AvgIpc) is 1.83. The summed E-state index contributed by atoms with van der Waals surface area (Å²) in [5.74, 6) is 1.09. The first kappa shape index (κ1) is 7.54. The summed E-state index contributed by atoms with van der Waals surface area (Å²) in [6.45, 7) is 4.19. The zero-order chi connectivity index (χ0) is 6.41. The third-order valence-corrected chi connectivity index (χ3v) is 1.04. The Labute approximate surface area is 51.4 Å². The molecule has 1 nitrogen and oxygen atoms in total. The second kappa shape index (κ2) is 4.69. The minimum Gasteiger partial charge on any atom is -0.501 e. The normalized spacial score (nSPS) is 11.6. The van der Waals surface area contributed by atoms with Gasteiger partial charge < -0.3 is 4.74 Å². The van der Waals surface area contributed by atoms with Gasteiger partial charge in [-0.3, -0.25) is 0 Å². The van der Waals surface area contributed by atoms with Gasteiger partial charge >= 0.3 is 0 Å². The number of ether oxygens (including phenoxy) is 1. The van der Waals surface area contributed by atoms with E-state index < -0.39 is 0 Å². The summed E-state index contributed by atoms with van der Waals surface area (Å²) >= 11 is 0. The Morgan fingerprint density at radius 1 is 1.50 bits per heavy atom. The first-order valence-electron chi connectivity index (χ1n) is 3.08. The minimum absolute atomic E-state index is 1.00. The van der Waals surface area contributed by atoms with Crippen LogP contribution in [0.5, 0.6) is 0 Å². The lowest BCUT2D eigenvalue weighted by Crippen LogP contribution is -1.81. The fraction of sp³-hybridized carbons (Fsp3) is 0.714. The van der Waals surface area contributed by atoms with Crippen LogP contribution in [0, 0.1) is 0 Å². The molecule has 0 aliphatic rings. The highest BCUT2D eigenvalue weighted by molar-refractivity contribution is 4.90. The van der Waals surface area contributed by atoms with Gasteiger partial charge in [-0.05, 0) is 12.5 Å². The van der Waals surface area contributed by atoms with Crippen molar-refractivity contribution in [3.05, 3.63) is 11.8 Å². The molecule has 0 N–H and O–H groups in total. The van der Waals surface area contributed by atoms with E-state index in [-0.39, 0.29) is 0 Å². The third kappa shape index (κ3) is 2.67. The van der Waals surface area contributed by atoms with Gasteiger partial charge in [-0.15, -0.1) is 0 Å². The van der Waals surface area contributed by atoms with Crippen molar-refractivity contribution in [2.45, 2.75) is 26.7 Å². The van der Waals surface area contributed by atoms with Crippen LogP contribution >= 0.6 is 0 Å². The van der Waals surface area contributed by atoms with Gasteiger partial charge in [0.1, 0.15) is 0 Å². The Hall–Kier alpha value is -0.460. The Kier molecular flexibility index (Phi) is 4.42. The van der Waals surface area contributed by atoms with Crippen molar-refractivity contribution in [2.24, 2.45) is 0 Å². The lowest BCUT2D eigenvalue weighted by molar-refractivity contribution is 0.279. The molecule has 48 valence electrons. The first-order chi connectivity index (χ1) is 3.85. The molecule has 0 aromatic heterocycles. The molecule has 8 heavy (non-hydrogen) atoms. The summed E-state index contributed by atoms with van der Waals surface area (Å²) in [6, 6.07) is 0. The minimum atomic E-state index is 1.00. The molecule has 0 aliphatic carbocycles. The van der Waals surface area contributed by atoms with Crippen molar-refractivity contribution in [1.82, 2.24) is 0 Å². The molecule has 0 radical (unpaired) electrons. The van der Waals surface area contributed by atoms with Crippen molar-refractivity contribution in [3.8, 4) is 0 Å². The van der Waals surface area contributed by atoms with Gasteiger partial charge in [0.15, 0.2) is 0 Å². The van der Waals surface area contributed by atoms with Crippen LogP contribution in [-0.4, -0.2) is 7.11 Å². The number of hydrogen-bond donors (Lipinski definition) is 0. The average molecular weight is 114 g/mol. The zero-order valence-electron chi connectivity index (χ0n) is 5.90. The van der Waals surface area contributed by atoms with Gasteiger partial charge in [0.25, 0.3) is 0 Å². The van der Waals surface area contributed by atoms with E-state index in [0.717, 1.165) is 18.6 Å². The lowest BCUT2D eigenvalue weighted by Gasteiger charge is -1.99. The summed E-state index contributed by atoms with van der Waals surface area (Å²) in [6.07, 6.45) is 4.17. The van der Waals surface area contributed by atoms with Gasteiger partial charge in [-0.25, -0.2) is 0 Å². The van der Waals surface area contributed by atoms with Gasteiger partial charge in [-0.2, -0.15) is 0 Å². The molecule has 0 aromatic carbocycles. The summed E-state index contributed by atoms with van der Waals surface area (Å²) in [7, 11) is 1.71. The standard InChI is InChI=1S/C7H14O/c1-4-6-7(5-2)8-3/h6H,4-5H2,1-3H3/b7-6+. The summed E-state index contributed by atoms with van der Waals surface area (Å²) in [5, 5.41) is 0. The molecule has 0 saturated heterocycles. The van der Waals surface area contributed by atoms with Crippen LogP contribution < -0.4 is 0 Å². The maximum atomic E-state index is 5.00. The third-order valence-electron chi connectivity index (χ3n) is 1.04. The lowest BCUT2D eigenvalue weighted by atomic mass is 10.3. The molecule has 0 aliphatic heterocycles. The van der Waals surface area contributed by atoms with Gasteiger partial charge in [0, 0.05) is 6.42 Å². The smallest absolute Gasteiger partial charge is 0.0912 e. The van der Waals surface area contributed by atoms with E-state index in [1.165, 1.54) is 0 Å². The van der Waals surface area contributed by atoms with Crippen LogP contribution in [-0.2, 0) is 4.74 Å². The predicted octanol–water partition coefficient (Wildman–Crippen LogP) is 2.34. The van der Waals surface area contributed by atoms with Crippen molar-refractivity contribution in [3.63, 3.8) is 0 Å². The van der Waals surface area contributed by atoms with E-state index in [4.69, 9.17) is 4.74 Å². The molecule has 0 aromatic rings. The number of hydrogen-bond acceptors (Lipinski definition) is 1. The highest BCUT2D eigenvalue weighted by Crippen LogP contribution is 2.00. The fourth-order valence-corrected chi connectivity index (χ4v) is 0.600. The number of methoxy groups -OCH3 is 1. The molecule has 0 bridgehead atoms. The topological polar surface area (TPSA) is 9.23 Å². The largest absolute Gasteiger partial charge is 0.501 e. The molecule has 0 atom stereocenters. The summed E-state index contributed by atoms with van der Waals surface area (Å²) < 4.78 is 5.00. The Morgan fingerprint density at radius 2 is 2.12 bits per heavy atom. The molecule has 0 rings (SSSR count). The van der Waals surface area contributed by atoms with E-state index in [2.05, 4.69) is 19.9 Å². The molecular formula is C7H14O. The molecular weight excluding hydrogens is 100 g/mol. The summed E-state index contributed by atoms with van der Waals surface area (Å²) in [5.41, 5.74) is 0. The van der Waals surface area contributed by atoms with Crippen LogP contribution in [0.4, 0.5) is 0 Å². The van der Waals surface area contributed by atoms with Crippen molar-refractivity contribution >= 4 is 0 Å². The van der Waals surface area contributed by atoms with Crippen LogP contribution in [0.1, 0.15) is 26.7 Å². The quantitative estimate of drug-likeness (QED) is 0.512. The van der Waals surface area contributed by atoms with Crippen LogP contribution in [0.25, 0.3) is 0 Å². The molecule has 0 fully saturated rings. The molecule has 1 heteroatoms. The molecule has 0 amide bonds. The van der Waals surface area contributed by atoms with Gasteiger partial charge in [0.2, 0.25) is 0 Å². The monoisotopic (exact) mass is 114 g/mol. The highest BCUT2D eigenvalue weighted by atomic mass is 16.5. The Morgan fingerprint density at radius 3 is 2.25 bits per heavy atom. The first-order valence-corrected chi connectivity index (χ1v) is 3.08. The van der Waals surface area contributed by atoms with E-state index in [1.54, 1.807) is 7.11 Å². The van der Waals surface area contributed by atoms with E-state index >= 15 is 0 Å². The van der Waals surface area contributed by atoms with Gasteiger partial charge in [-0.1, -0.05) is 13.8 Å². The van der Waals surface area contributed by atoms with Crippen LogP contribution in [0.15, 0.2) is 11.8 Å². The predicted molar refractivity (Wildman–Crippen MR) is 35.7 cm³/mol. The molecule has 0 saturated carbocycles. The Balaban J connectivity index is 3.49.